The number of halogens is 3. The van der Waals surface area contributed by atoms with Crippen molar-refractivity contribution in [2.75, 3.05) is 27.2 Å². The number of urea groups is 1. The Kier molecular flexibility index (Phi) is 10.1. The molecule has 2 N–H and O–H groups in total. The molecule has 0 bridgehead atoms. The van der Waals surface area contributed by atoms with E-state index in [0.29, 0.717) is 54.4 Å². The van der Waals surface area contributed by atoms with Gasteiger partial charge in [-0.1, -0.05) is 12.2 Å². The lowest BCUT2D eigenvalue weighted by molar-refractivity contribution is -0.140. The highest BCUT2D eigenvalue weighted by Gasteiger charge is 2.63. The van der Waals surface area contributed by atoms with Gasteiger partial charge in [-0.05, 0) is 77.3 Å². The lowest BCUT2D eigenvalue weighted by Gasteiger charge is -2.40. The lowest BCUT2D eigenvalue weighted by atomic mass is 9.98. The largest absolute Gasteiger partial charge is 0.496 e. The van der Waals surface area contributed by atoms with Gasteiger partial charge in [-0.25, -0.2) is 23.2 Å². The molecule has 2 aliphatic carbocycles. The third kappa shape index (κ3) is 7.46. The van der Waals surface area contributed by atoms with Crippen LogP contribution in [0.25, 0.3) is 21.6 Å². The van der Waals surface area contributed by atoms with Crippen LogP contribution in [-0.4, -0.2) is 95.7 Å². The lowest BCUT2D eigenvalue weighted by Crippen LogP contribution is -2.62. The molecule has 2 aromatic heterocycles. The number of alkyl halides is 3. The molecular formula is C37H43F3N6O7S2. The standard InChI is InChI=1S/C37H43F3N6O7S2/c1-21-27(52-4)13-11-24-28(17-25(41-30(21)24)31-42-29(20-54-31)37(38,39)40)53-23-10-12-26-32(47)45(3)16-8-6-5-7-9-22-18-36(22,43-34(49)46(26)19-23)33(48)44-55(50,51)35(2)14-15-35/h7,9,11,13,17,20,22-23,26H,5-6,8,10,12,14-16,18-19H2,1-4H3,(H,43,49)(H,44,48)/b9-7+/t22-,23-,26-,36-/m0/s1. The van der Waals surface area contributed by atoms with Crippen LogP contribution in [0.2, 0.25) is 0 Å². The van der Waals surface area contributed by atoms with Crippen molar-refractivity contribution >= 4 is 50.1 Å². The molecule has 55 heavy (non-hydrogen) atoms. The number of aromatic nitrogens is 2. The second kappa shape index (κ2) is 14.2. The van der Waals surface area contributed by atoms with Crippen LogP contribution in [0.4, 0.5) is 18.0 Å². The number of thiazole rings is 1. The fourth-order valence-electron chi connectivity index (χ4n) is 7.29. The zero-order chi connectivity index (χ0) is 39.5. The summed E-state index contributed by atoms with van der Waals surface area (Å²) in [6, 6.07) is 3.35. The fourth-order valence-corrected chi connectivity index (χ4v) is 9.38. The summed E-state index contributed by atoms with van der Waals surface area (Å²) in [6.07, 6.45) is 2.19. The number of ether oxygens (including phenoxy) is 2. The molecule has 296 valence electrons. The molecule has 4 atom stereocenters. The van der Waals surface area contributed by atoms with Crippen LogP contribution in [0.3, 0.4) is 0 Å². The molecule has 3 aromatic rings. The van der Waals surface area contributed by atoms with E-state index in [1.54, 1.807) is 37.9 Å². The number of amides is 4. The molecule has 1 aromatic carbocycles. The molecule has 0 radical (unpaired) electrons. The first-order valence-corrected chi connectivity index (χ1v) is 20.6. The Morgan fingerprint density at radius 3 is 2.58 bits per heavy atom. The van der Waals surface area contributed by atoms with E-state index >= 15 is 0 Å². The summed E-state index contributed by atoms with van der Waals surface area (Å²) >= 11 is 0.793. The summed E-state index contributed by atoms with van der Waals surface area (Å²) in [5.74, 6) is -0.765. The predicted molar refractivity (Wildman–Crippen MR) is 198 cm³/mol. The number of allylic oxidation sites excluding steroid dienone is 1. The molecule has 7 rings (SSSR count). The first-order chi connectivity index (χ1) is 26.0. The van der Waals surface area contributed by atoms with Crippen LogP contribution in [0.1, 0.15) is 69.5 Å². The molecule has 1 saturated heterocycles. The van der Waals surface area contributed by atoms with Crippen LogP contribution in [0.5, 0.6) is 11.5 Å². The summed E-state index contributed by atoms with van der Waals surface area (Å²) in [7, 11) is -0.827. The Hall–Kier alpha value is -4.45. The fraction of sp³-hybridized carbons (Fsp3) is 0.541. The average Bonchev–Trinajstić information content (AvgIpc) is 3.99. The number of methoxy groups -OCH3 is 1. The zero-order valence-corrected chi connectivity index (χ0v) is 32.5. The Balaban J connectivity index is 1.21. The average molecular weight is 805 g/mol. The van der Waals surface area contributed by atoms with Crippen LogP contribution in [-0.2, 0) is 25.8 Å². The SMILES string of the molecule is COc1ccc2c(O[C@H]3CC[C@H]4C(=O)N(C)CCCC/C=C/[C@H]5C[C@]5(C(=O)NS(=O)(=O)C5(C)CC5)NC(=O)N4C3)cc(-c3nc(C(F)(F)F)cs3)nc2c1C. The van der Waals surface area contributed by atoms with E-state index in [2.05, 4.69) is 20.0 Å². The highest BCUT2D eigenvalue weighted by atomic mass is 32.2. The zero-order valence-electron chi connectivity index (χ0n) is 30.9. The number of likely N-dealkylation sites (N-methyl/N-ethyl adjacent to an activating group) is 1. The van der Waals surface area contributed by atoms with E-state index in [1.165, 1.54) is 18.1 Å². The Labute approximate surface area is 320 Å². The van der Waals surface area contributed by atoms with Crippen molar-refractivity contribution < 1.29 is 45.4 Å². The Morgan fingerprint density at radius 1 is 1.13 bits per heavy atom. The van der Waals surface area contributed by atoms with Crippen LogP contribution in [0.15, 0.2) is 35.7 Å². The number of nitrogens with one attached hydrogen (secondary N) is 2. The van der Waals surface area contributed by atoms with Gasteiger partial charge in [0.25, 0.3) is 5.91 Å². The van der Waals surface area contributed by atoms with Crippen molar-refractivity contribution in [2.24, 2.45) is 5.92 Å². The van der Waals surface area contributed by atoms with E-state index < -0.39 is 62.2 Å². The quantitative estimate of drug-likeness (QED) is 0.291. The molecule has 4 heterocycles. The van der Waals surface area contributed by atoms with E-state index in [0.717, 1.165) is 29.6 Å². The number of piperidine rings is 1. The normalized spacial score (nSPS) is 26.3. The minimum absolute atomic E-state index is 0.0297. The molecule has 2 saturated carbocycles. The van der Waals surface area contributed by atoms with E-state index in [1.807, 2.05) is 12.2 Å². The van der Waals surface area contributed by atoms with Crippen molar-refractivity contribution in [3.63, 3.8) is 0 Å². The van der Waals surface area contributed by atoms with Gasteiger partial charge in [-0.15, -0.1) is 11.3 Å². The summed E-state index contributed by atoms with van der Waals surface area (Å²) in [5, 5.41) is 4.34. The first kappa shape index (κ1) is 38.8. The minimum Gasteiger partial charge on any atom is -0.496 e. The number of hydrogen-bond acceptors (Lipinski definition) is 10. The molecule has 18 heteroatoms. The number of carbonyl (C=O) groups excluding carboxylic acids is 3. The molecule has 4 aliphatic rings. The van der Waals surface area contributed by atoms with Crippen LogP contribution >= 0.6 is 11.3 Å². The maximum Gasteiger partial charge on any atom is 0.434 e. The molecule has 2 aliphatic heterocycles. The number of nitrogens with zero attached hydrogens (tertiary/aromatic N) is 4. The monoisotopic (exact) mass is 804 g/mol. The number of pyridine rings is 1. The molecule has 3 fully saturated rings. The van der Waals surface area contributed by atoms with Crippen LogP contribution < -0.4 is 19.5 Å². The maximum absolute atomic E-state index is 14.4. The second-order valence-electron chi connectivity index (χ2n) is 15.1. The molecule has 0 unspecified atom stereocenters. The summed E-state index contributed by atoms with van der Waals surface area (Å²) in [6.45, 7) is 3.73. The third-order valence-corrected chi connectivity index (χ3v) is 14.2. The number of rotatable bonds is 7. The van der Waals surface area contributed by atoms with Gasteiger partial charge >= 0.3 is 12.2 Å². The highest BCUT2D eigenvalue weighted by Crippen LogP contribution is 2.48. The van der Waals surface area contributed by atoms with Gasteiger partial charge in [0.05, 0.1) is 23.9 Å². The van der Waals surface area contributed by atoms with Gasteiger partial charge in [0.1, 0.15) is 39.9 Å². The van der Waals surface area contributed by atoms with Crippen molar-refractivity contribution in [1.82, 2.24) is 29.8 Å². The van der Waals surface area contributed by atoms with E-state index in [-0.39, 0.29) is 41.7 Å². The molecule has 4 amide bonds. The molecular weight excluding hydrogens is 762 g/mol. The van der Waals surface area contributed by atoms with Gasteiger partial charge in [-0.3, -0.25) is 14.3 Å². The van der Waals surface area contributed by atoms with E-state index in [4.69, 9.17) is 9.47 Å². The number of aryl methyl sites for hydroxylation is 1. The van der Waals surface area contributed by atoms with Gasteiger partial charge in [0, 0.05) is 41.9 Å². The summed E-state index contributed by atoms with van der Waals surface area (Å²) in [5.41, 5.74) is -1.39. The van der Waals surface area contributed by atoms with E-state index in [9.17, 15) is 36.0 Å². The number of hydrogen-bond donors (Lipinski definition) is 2. The first-order valence-electron chi connectivity index (χ1n) is 18.2. The van der Waals surface area contributed by atoms with Crippen molar-refractivity contribution in [1.29, 1.82) is 0 Å². The maximum atomic E-state index is 14.4. The summed E-state index contributed by atoms with van der Waals surface area (Å²) in [4.78, 5) is 53.4. The van der Waals surface area contributed by atoms with Crippen LogP contribution in [0, 0.1) is 12.8 Å². The third-order valence-electron chi connectivity index (χ3n) is 11.2. The molecule has 13 nitrogen and oxygen atoms in total. The molecule has 0 spiro atoms. The van der Waals surface area contributed by atoms with Gasteiger partial charge in [-0.2, -0.15) is 13.2 Å². The second-order valence-corrected chi connectivity index (χ2v) is 18.2. The van der Waals surface area contributed by atoms with Crippen molar-refractivity contribution in [3.8, 4) is 22.2 Å². The highest BCUT2D eigenvalue weighted by molar-refractivity contribution is 7.91. The Morgan fingerprint density at radius 2 is 1.89 bits per heavy atom. The number of carbonyl (C=O) groups is 3. The van der Waals surface area contributed by atoms with Gasteiger partial charge < -0.3 is 24.6 Å². The Bertz CT molecular complexity index is 2170. The van der Waals surface area contributed by atoms with Gasteiger partial charge in [0.2, 0.25) is 15.9 Å². The number of benzene rings is 1. The number of sulfonamides is 1. The predicted octanol–water partition coefficient (Wildman–Crippen LogP) is 5.57. The number of fused-ring (bicyclic) bond motifs is 3. The minimum atomic E-state index is -4.64. The smallest absolute Gasteiger partial charge is 0.434 e. The van der Waals surface area contributed by atoms with Crippen molar-refractivity contribution in [2.45, 2.75) is 93.8 Å². The van der Waals surface area contributed by atoms with Crippen molar-refractivity contribution in [3.05, 3.63) is 47.0 Å². The van der Waals surface area contributed by atoms with Gasteiger partial charge in [0.15, 0.2) is 5.69 Å². The topological polar surface area (TPSA) is 160 Å². The summed E-state index contributed by atoms with van der Waals surface area (Å²) < 4.78 is 80.0.